The van der Waals surface area contributed by atoms with Crippen LogP contribution in [0.4, 0.5) is 0 Å². The van der Waals surface area contributed by atoms with E-state index in [4.69, 9.17) is 0 Å². The summed E-state index contributed by atoms with van der Waals surface area (Å²) in [6.07, 6.45) is 0. The van der Waals surface area contributed by atoms with Crippen LogP contribution >= 0.6 is 0 Å². The highest BCUT2D eigenvalue weighted by Crippen LogP contribution is 2.10. The first-order valence-corrected chi connectivity index (χ1v) is 9.16. The molecule has 0 fully saturated rings. The van der Waals surface area contributed by atoms with Crippen molar-refractivity contribution in [2.75, 3.05) is 26.4 Å². The van der Waals surface area contributed by atoms with Crippen molar-refractivity contribution in [1.29, 1.82) is 0 Å². The van der Waals surface area contributed by atoms with E-state index >= 15 is 0 Å². The van der Waals surface area contributed by atoms with Gasteiger partial charge in [-0.25, -0.2) is 25.9 Å². The Kier molecular flexibility index (Phi) is 5.62. The standard InChI is InChI=1S/C12H18N2O5S2/c1-10(15)11-4-6-12(7-5-11)21(18,19)13-8-9-20(16,17)14(2)3/h4-7,13H,8-9H2,1-3H3. The summed E-state index contributed by atoms with van der Waals surface area (Å²) in [5.41, 5.74) is 0.407. The molecule has 118 valence electrons. The highest BCUT2D eigenvalue weighted by atomic mass is 32.2. The number of carbonyl (C=O) groups excluding carboxylic acids is 1. The maximum atomic E-state index is 12.0. The normalized spacial score (nSPS) is 12.6. The van der Waals surface area contributed by atoms with Crippen LogP contribution in [0.15, 0.2) is 29.2 Å². The molecule has 0 spiro atoms. The first-order valence-electron chi connectivity index (χ1n) is 6.07. The topological polar surface area (TPSA) is 101 Å². The monoisotopic (exact) mass is 334 g/mol. The first-order chi connectivity index (χ1) is 9.56. The summed E-state index contributed by atoms with van der Waals surface area (Å²) in [5.74, 6) is -0.492. The summed E-state index contributed by atoms with van der Waals surface area (Å²) in [6, 6.07) is 5.43. The lowest BCUT2D eigenvalue weighted by Gasteiger charge is -2.12. The van der Waals surface area contributed by atoms with Gasteiger partial charge in [-0.1, -0.05) is 12.1 Å². The molecule has 0 aliphatic rings. The van der Waals surface area contributed by atoms with Crippen LogP contribution in [0.2, 0.25) is 0 Å². The molecule has 1 aromatic rings. The molecule has 0 aliphatic heterocycles. The fourth-order valence-corrected chi connectivity index (χ4v) is 3.33. The van der Waals surface area contributed by atoms with Crippen LogP contribution in [0, 0.1) is 0 Å². The third-order valence-corrected chi connectivity index (χ3v) is 6.09. The summed E-state index contributed by atoms with van der Waals surface area (Å²) < 4.78 is 50.2. The smallest absolute Gasteiger partial charge is 0.240 e. The van der Waals surface area contributed by atoms with E-state index in [1.165, 1.54) is 45.3 Å². The Morgan fingerprint density at radius 3 is 2.05 bits per heavy atom. The lowest BCUT2D eigenvalue weighted by atomic mass is 10.2. The van der Waals surface area contributed by atoms with Crippen molar-refractivity contribution in [1.82, 2.24) is 9.03 Å². The average Bonchev–Trinajstić information content (AvgIpc) is 2.38. The fraction of sp³-hybridized carbons (Fsp3) is 0.417. The molecule has 0 bridgehead atoms. The molecule has 7 nitrogen and oxygen atoms in total. The van der Waals surface area contributed by atoms with Gasteiger partial charge in [0.25, 0.3) is 0 Å². The molecule has 0 saturated heterocycles. The summed E-state index contributed by atoms with van der Waals surface area (Å²) in [4.78, 5) is 11.1. The minimum absolute atomic E-state index is 0.0187. The van der Waals surface area contributed by atoms with Gasteiger partial charge in [0.05, 0.1) is 10.6 Å². The van der Waals surface area contributed by atoms with Gasteiger partial charge in [0.15, 0.2) is 5.78 Å². The number of Topliss-reactive ketones (excluding diaryl/α,β-unsaturated/α-hetero) is 1. The first kappa shape index (κ1) is 17.8. The van der Waals surface area contributed by atoms with Gasteiger partial charge in [0, 0.05) is 26.2 Å². The van der Waals surface area contributed by atoms with Gasteiger partial charge < -0.3 is 0 Å². The minimum Gasteiger partial charge on any atom is -0.295 e. The molecule has 0 heterocycles. The third kappa shape index (κ3) is 4.88. The molecule has 0 aromatic heterocycles. The third-order valence-electron chi connectivity index (χ3n) is 2.78. The van der Waals surface area contributed by atoms with Crippen molar-refractivity contribution < 1.29 is 21.6 Å². The Balaban J connectivity index is 2.76. The molecule has 0 unspecified atom stereocenters. The Bertz CT molecular complexity index is 707. The Morgan fingerprint density at radius 1 is 1.10 bits per heavy atom. The lowest BCUT2D eigenvalue weighted by molar-refractivity contribution is 0.101. The summed E-state index contributed by atoms with van der Waals surface area (Å²) in [7, 11) is -4.50. The van der Waals surface area contributed by atoms with Crippen molar-refractivity contribution in [3.05, 3.63) is 29.8 Å². The molecule has 1 aromatic carbocycles. The van der Waals surface area contributed by atoms with Crippen LogP contribution in [-0.4, -0.2) is 53.3 Å². The van der Waals surface area contributed by atoms with E-state index < -0.39 is 20.0 Å². The van der Waals surface area contributed by atoms with Crippen LogP contribution in [0.25, 0.3) is 0 Å². The molecule has 0 aliphatic carbocycles. The molecule has 0 atom stereocenters. The zero-order valence-corrected chi connectivity index (χ0v) is 13.7. The van der Waals surface area contributed by atoms with Crippen LogP contribution in [0.5, 0.6) is 0 Å². The second-order valence-electron chi connectivity index (χ2n) is 4.58. The van der Waals surface area contributed by atoms with Crippen LogP contribution in [0.3, 0.4) is 0 Å². The van der Waals surface area contributed by atoms with E-state index in [1.54, 1.807) is 0 Å². The number of carbonyl (C=O) groups is 1. The number of ketones is 1. The maximum Gasteiger partial charge on any atom is 0.240 e. The molecule has 0 amide bonds. The highest BCUT2D eigenvalue weighted by molar-refractivity contribution is 7.90. The number of benzene rings is 1. The van der Waals surface area contributed by atoms with E-state index in [2.05, 4.69) is 4.72 Å². The maximum absolute atomic E-state index is 12.0. The van der Waals surface area contributed by atoms with Crippen LogP contribution in [-0.2, 0) is 20.0 Å². The second-order valence-corrected chi connectivity index (χ2v) is 8.65. The van der Waals surface area contributed by atoms with Crippen molar-refractivity contribution in [3.63, 3.8) is 0 Å². The lowest BCUT2D eigenvalue weighted by Crippen LogP contribution is -2.33. The molecule has 0 radical (unpaired) electrons. The number of hydrogen-bond donors (Lipinski definition) is 1. The van der Waals surface area contributed by atoms with E-state index in [9.17, 15) is 21.6 Å². The van der Waals surface area contributed by atoms with Crippen molar-refractivity contribution in [2.24, 2.45) is 0 Å². The van der Waals surface area contributed by atoms with E-state index in [0.717, 1.165) is 4.31 Å². The Hall–Kier alpha value is -1.29. The zero-order valence-electron chi connectivity index (χ0n) is 12.0. The minimum atomic E-state index is -3.80. The molecule has 21 heavy (non-hydrogen) atoms. The van der Waals surface area contributed by atoms with Gasteiger partial charge in [-0.15, -0.1) is 0 Å². The SMILES string of the molecule is CC(=O)c1ccc(S(=O)(=O)NCCS(=O)(=O)N(C)C)cc1. The van der Waals surface area contributed by atoms with E-state index in [0.29, 0.717) is 5.56 Å². The number of rotatable bonds is 7. The predicted molar refractivity (Wildman–Crippen MR) is 79.1 cm³/mol. The number of sulfonamides is 2. The molecule has 0 saturated carbocycles. The number of nitrogens with one attached hydrogen (secondary N) is 1. The van der Waals surface area contributed by atoms with Gasteiger partial charge in [-0.2, -0.15) is 0 Å². The van der Waals surface area contributed by atoms with E-state index in [1.807, 2.05) is 0 Å². The molecular formula is C12H18N2O5S2. The van der Waals surface area contributed by atoms with E-state index in [-0.39, 0.29) is 23.0 Å². The summed E-state index contributed by atoms with van der Waals surface area (Å²) in [6.45, 7) is 1.16. The van der Waals surface area contributed by atoms with Crippen molar-refractivity contribution >= 4 is 25.8 Å². The predicted octanol–water partition coefficient (Wildman–Crippen LogP) is 0.0589. The second kappa shape index (κ2) is 6.65. The van der Waals surface area contributed by atoms with Crippen LogP contribution in [0.1, 0.15) is 17.3 Å². The average molecular weight is 334 g/mol. The van der Waals surface area contributed by atoms with Gasteiger partial charge in [0.1, 0.15) is 0 Å². The molecule has 1 rings (SSSR count). The summed E-state index contributed by atoms with van der Waals surface area (Å²) >= 11 is 0. The molecule has 9 heteroatoms. The van der Waals surface area contributed by atoms with Gasteiger partial charge in [0.2, 0.25) is 20.0 Å². The Labute approximate surface area is 125 Å². The van der Waals surface area contributed by atoms with Crippen molar-refractivity contribution in [3.8, 4) is 0 Å². The fourth-order valence-electron chi connectivity index (χ4n) is 1.44. The highest BCUT2D eigenvalue weighted by Gasteiger charge is 2.18. The van der Waals surface area contributed by atoms with Crippen molar-refractivity contribution in [2.45, 2.75) is 11.8 Å². The number of hydrogen-bond acceptors (Lipinski definition) is 5. The Morgan fingerprint density at radius 2 is 1.62 bits per heavy atom. The largest absolute Gasteiger partial charge is 0.295 e. The van der Waals surface area contributed by atoms with Gasteiger partial charge in [-0.05, 0) is 19.1 Å². The number of nitrogens with zero attached hydrogens (tertiary/aromatic N) is 1. The quantitative estimate of drug-likeness (QED) is 0.711. The summed E-state index contributed by atoms with van der Waals surface area (Å²) in [5, 5.41) is 0. The zero-order chi connectivity index (χ0) is 16.3. The van der Waals surface area contributed by atoms with Gasteiger partial charge >= 0.3 is 0 Å². The van der Waals surface area contributed by atoms with Gasteiger partial charge in [-0.3, -0.25) is 4.79 Å². The molecule has 1 N–H and O–H groups in total. The van der Waals surface area contributed by atoms with Crippen LogP contribution < -0.4 is 4.72 Å². The molecular weight excluding hydrogens is 316 g/mol.